The van der Waals surface area contributed by atoms with Gasteiger partial charge in [-0.05, 0) is 55.1 Å². The predicted molar refractivity (Wildman–Crippen MR) is 181 cm³/mol. The van der Waals surface area contributed by atoms with Crippen molar-refractivity contribution in [1.29, 1.82) is 0 Å². The highest BCUT2D eigenvalue weighted by Gasteiger charge is 2.38. The summed E-state index contributed by atoms with van der Waals surface area (Å²) >= 11 is 0. The van der Waals surface area contributed by atoms with Crippen molar-refractivity contribution in [3.05, 3.63) is 71.8 Å². The van der Waals surface area contributed by atoms with Crippen LogP contribution in [0.25, 0.3) is 0 Å². The summed E-state index contributed by atoms with van der Waals surface area (Å²) in [5.41, 5.74) is 1.93. The molecule has 2 aliphatic heterocycles. The summed E-state index contributed by atoms with van der Waals surface area (Å²) in [6.07, 6.45) is 1.44. The van der Waals surface area contributed by atoms with Crippen LogP contribution >= 0.6 is 0 Å². The Balaban J connectivity index is 1.58. The number of hydrogen-bond donors (Lipinski definition) is 5. The average molecular weight is 649 g/mol. The second kappa shape index (κ2) is 17.2. The second-order valence-electron chi connectivity index (χ2n) is 13.4. The molecule has 2 saturated heterocycles. The number of benzene rings is 2. The van der Waals surface area contributed by atoms with Gasteiger partial charge >= 0.3 is 12.1 Å². The number of urea groups is 2. The van der Waals surface area contributed by atoms with Gasteiger partial charge in [0.25, 0.3) is 0 Å². The largest absolute Gasteiger partial charge is 0.391 e. The zero-order valence-corrected chi connectivity index (χ0v) is 28.2. The highest BCUT2D eigenvalue weighted by molar-refractivity contribution is 5.88. The van der Waals surface area contributed by atoms with E-state index >= 15 is 0 Å². The van der Waals surface area contributed by atoms with Gasteiger partial charge in [0.2, 0.25) is 11.8 Å². The quantitative estimate of drug-likeness (QED) is 0.202. The van der Waals surface area contributed by atoms with Crippen LogP contribution in [-0.4, -0.2) is 95.2 Å². The van der Waals surface area contributed by atoms with Crippen molar-refractivity contribution in [2.75, 3.05) is 26.2 Å². The van der Waals surface area contributed by atoms with Crippen LogP contribution in [0, 0.1) is 11.8 Å². The smallest absolute Gasteiger partial charge is 0.318 e. The van der Waals surface area contributed by atoms with E-state index in [9.17, 15) is 24.3 Å². The molecule has 2 aliphatic rings. The van der Waals surface area contributed by atoms with E-state index in [2.05, 4.69) is 21.3 Å². The van der Waals surface area contributed by atoms with Gasteiger partial charge in [0.05, 0.1) is 12.1 Å². The lowest BCUT2D eigenvalue weighted by Crippen LogP contribution is -2.61. The third-order valence-corrected chi connectivity index (χ3v) is 8.99. The number of amides is 6. The van der Waals surface area contributed by atoms with Crippen LogP contribution in [0.1, 0.15) is 58.1 Å². The van der Waals surface area contributed by atoms with E-state index in [0.717, 1.165) is 24.0 Å². The number of aliphatic hydroxyl groups is 1. The molecule has 4 rings (SSSR count). The SMILES string of the molecule is CC(C)[C@@H](C(=O)N[C@@H](Cc1ccccc1)C[C@H](O)[C@H](Cc1ccccc1)NC(=O)[C@@H](C(C)C)N1CCCNC1=O)N1CCCNC1=O. The lowest BCUT2D eigenvalue weighted by atomic mass is 9.92. The molecule has 0 aliphatic carbocycles. The minimum atomic E-state index is -1.04. The molecule has 0 unspecified atom stereocenters. The highest BCUT2D eigenvalue weighted by Crippen LogP contribution is 2.20. The van der Waals surface area contributed by atoms with E-state index in [-0.39, 0.29) is 42.1 Å². The molecule has 0 aromatic heterocycles. The molecule has 256 valence electrons. The predicted octanol–water partition coefficient (Wildman–Crippen LogP) is 3.07. The summed E-state index contributed by atoms with van der Waals surface area (Å²) in [5, 5.41) is 23.8. The molecule has 2 aromatic rings. The molecule has 0 saturated carbocycles. The molecule has 2 heterocycles. The Hall–Kier alpha value is -4.12. The van der Waals surface area contributed by atoms with Gasteiger partial charge in [-0.2, -0.15) is 0 Å². The Morgan fingerprint density at radius 2 is 1.17 bits per heavy atom. The number of rotatable bonds is 15. The molecule has 47 heavy (non-hydrogen) atoms. The summed E-state index contributed by atoms with van der Waals surface area (Å²) in [6.45, 7) is 9.79. The molecule has 5 atom stereocenters. The van der Waals surface area contributed by atoms with Gasteiger partial charge in [0, 0.05) is 32.2 Å². The molecule has 2 fully saturated rings. The monoisotopic (exact) mass is 648 g/mol. The van der Waals surface area contributed by atoms with E-state index in [0.29, 0.717) is 39.0 Å². The Kier molecular flexibility index (Phi) is 13.0. The Bertz CT molecular complexity index is 1320. The lowest BCUT2D eigenvalue weighted by Gasteiger charge is -2.38. The first-order valence-corrected chi connectivity index (χ1v) is 17.0. The van der Waals surface area contributed by atoms with Gasteiger partial charge < -0.3 is 36.2 Å². The van der Waals surface area contributed by atoms with Gasteiger partial charge in [0.15, 0.2) is 0 Å². The van der Waals surface area contributed by atoms with Gasteiger partial charge in [0.1, 0.15) is 12.1 Å². The normalized spacial score (nSPS) is 18.5. The molecule has 0 spiro atoms. The van der Waals surface area contributed by atoms with Crippen LogP contribution in [-0.2, 0) is 22.4 Å². The van der Waals surface area contributed by atoms with E-state index in [4.69, 9.17) is 0 Å². The first-order chi connectivity index (χ1) is 22.5. The molecular weight excluding hydrogens is 596 g/mol. The van der Waals surface area contributed by atoms with Crippen LogP contribution in [0.5, 0.6) is 0 Å². The summed E-state index contributed by atoms with van der Waals surface area (Å²) in [6, 6.07) is 16.3. The van der Waals surface area contributed by atoms with Crippen molar-refractivity contribution in [3.63, 3.8) is 0 Å². The van der Waals surface area contributed by atoms with Crippen LogP contribution < -0.4 is 21.3 Å². The van der Waals surface area contributed by atoms with Crippen LogP contribution in [0.3, 0.4) is 0 Å². The van der Waals surface area contributed by atoms with E-state index in [1.165, 1.54) is 0 Å². The standard InChI is InChI=1S/C36H52N6O5/c1-24(2)31(41-19-11-17-37-35(41)46)33(44)39-28(21-26-13-7-5-8-14-26)23-30(43)29(22-27-15-9-6-10-16-27)40-34(45)32(25(3)4)42-20-12-18-38-36(42)47/h5-10,13-16,24-25,28-32,43H,11-12,17-23H2,1-4H3,(H,37,46)(H,38,47)(H,39,44)(H,40,45)/t28-,29-,30-,31-,32+/m0/s1. The molecule has 0 bridgehead atoms. The van der Waals surface area contributed by atoms with Crippen molar-refractivity contribution in [3.8, 4) is 0 Å². The van der Waals surface area contributed by atoms with Gasteiger partial charge in [-0.1, -0.05) is 88.4 Å². The zero-order valence-electron chi connectivity index (χ0n) is 28.2. The first-order valence-electron chi connectivity index (χ1n) is 17.0. The van der Waals surface area contributed by atoms with E-state index in [1.807, 2.05) is 88.4 Å². The van der Waals surface area contributed by atoms with Crippen molar-refractivity contribution >= 4 is 23.9 Å². The van der Waals surface area contributed by atoms with E-state index in [1.54, 1.807) is 9.80 Å². The molecule has 6 amide bonds. The maximum absolute atomic E-state index is 13.9. The lowest BCUT2D eigenvalue weighted by molar-refractivity contribution is -0.130. The van der Waals surface area contributed by atoms with Crippen molar-refractivity contribution in [2.45, 2.75) is 90.1 Å². The number of carbonyl (C=O) groups excluding carboxylic acids is 4. The average Bonchev–Trinajstić information content (AvgIpc) is 3.03. The number of nitrogens with zero attached hydrogens (tertiary/aromatic N) is 2. The number of hydrogen-bond acceptors (Lipinski definition) is 5. The minimum absolute atomic E-state index is 0.133. The van der Waals surface area contributed by atoms with Crippen LogP contribution in [0.15, 0.2) is 60.7 Å². The molecule has 11 nitrogen and oxygen atoms in total. The Morgan fingerprint density at radius 3 is 1.62 bits per heavy atom. The second-order valence-corrected chi connectivity index (χ2v) is 13.4. The summed E-state index contributed by atoms with van der Waals surface area (Å²) < 4.78 is 0. The highest BCUT2D eigenvalue weighted by atomic mass is 16.3. The first kappa shape index (κ1) is 35.7. The van der Waals surface area contributed by atoms with Crippen LogP contribution in [0.2, 0.25) is 0 Å². The summed E-state index contributed by atoms with van der Waals surface area (Å²) in [5.74, 6) is -0.883. The fraction of sp³-hybridized carbons (Fsp3) is 0.556. The third-order valence-electron chi connectivity index (χ3n) is 8.99. The fourth-order valence-corrected chi connectivity index (χ4v) is 6.69. The molecular formula is C36H52N6O5. The topological polar surface area (TPSA) is 143 Å². The maximum Gasteiger partial charge on any atom is 0.318 e. The van der Waals surface area contributed by atoms with E-state index < -0.39 is 30.3 Å². The van der Waals surface area contributed by atoms with Crippen molar-refractivity contribution < 1.29 is 24.3 Å². The fourth-order valence-electron chi connectivity index (χ4n) is 6.69. The van der Waals surface area contributed by atoms with Crippen molar-refractivity contribution in [2.24, 2.45) is 11.8 Å². The van der Waals surface area contributed by atoms with Gasteiger partial charge in [-0.25, -0.2) is 9.59 Å². The molecule has 0 radical (unpaired) electrons. The third kappa shape index (κ3) is 9.93. The maximum atomic E-state index is 13.9. The Morgan fingerprint density at radius 1 is 0.723 bits per heavy atom. The summed E-state index contributed by atoms with van der Waals surface area (Å²) in [7, 11) is 0. The molecule has 2 aromatic carbocycles. The number of aliphatic hydroxyl groups excluding tert-OH is 1. The molecule has 11 heteroatoms. The minimum Gasteiger partial charge on any atom is -0.391 e. The zero-order chi connectivity index (χ0) is 33.9. The molecule has 5 N–H and O–H groups in total. The summed E-state index contributed by atoms with van der Waals surface area (Å²) in [4.78, 5) is 56.4. The van der Waals surface area contributed by atoms with Crippen molar-refractivity contribution in [1.82, 2.24) is 31.1 Å². The van der Waals surface area contributed by atoms with Gasteiger partial charge in [-0.3, -0.25) is 9.59 Å². The Labute approximate surface area is 278 Å². The number of nitrogens with one attached hydrogen (secondary N) is 4. The van der Waals surface area contributed by atoms with Gasteiger partial charge in [-0.15, -0.1) is 0 Å². The van der Waals surface area contributed by atoms with Crippen LogP contribution in [0.4, 0.5) is 9.59 Å². The number of carbonyl (C=O) groups is 4.